The van der Waals surface area contributed by atoms with E-state index in [2.05, 4.69) is 17.0 Å². The molecule has 0 bridgehead atoms. The third-order valence-electron chi connectivity index (χ3n) is 2.07. The summed E-state index contributed by atoms with van der Waals surface area (Å²) in [5, 5.41) is 3.18. The summed E-state index contributed by atoms with van der Waals surface area (Å²) in [6, 6.07) is 0. The van der Waals surface area contributed by atoms with Gasteiger partial charge in [0.15, 0.2) is 0 Å². The molecule has 6 heteroatoms. The number of sulfonamides is 1. The van der Waals surface area contributed by atoms with Crippen molar-refractivity contribution in [2.75, 3.05) is 46.0 Å². The van der Waals surface area contributed by atoms with Crippen LogP contribution < -0.4 is 10.0 Å². The molecule has 98 valence electrons. The lowest BCUT2D eigenvalue weighted by Gasteiger charge is -2.10. The Morgan fingerprint density at radius 1 is 1.12 bits per heavy atom. The molecule has 0 heterocycles. The van der Waals surface area contributed by atoms with Gasteiger partial charge in [-0.15, -0.1) is 0 Å². The zero-order valence-electron chi connectivity index (χ0n) is 10.6. The molecule has 0 amide bonds. The maximum atomic E-state index is 11.5. The van der Waals surface area contributed by atoms with Crippen LogP contribution in [0.2, 0.25) is 0 Å². The van der Waals surface area contributed by atoms with Gasteiger partial charge in [-0.25, -0.2) is 13.1 Å². The highest BCUT2D eigenvalue weighted by molar-refractivity contribution is 7.89. The maximum absolute atomic E-state index is 11.5. The number of hydrogen-bond donors (Lipinski definition) is 2. The van der Waals surface area contributed by atoms with Gasteiger partial charge in [-0.3, -0.25) is 0 Å². The Balaban J connectivity index is 3.55. The molecule has 0 radical (unpaired) electrons. The molecule has 2 N–H and O–H groups in total. The van der Waals surface area contributed by atoms with E-state index in [1.807, 2.05) is 19.0 Å². The fourth-order valence-electron chi connectivity index (χ4n) is 1.19. The second-order valence-corrected chi connectivity index (χ2v) is 6.05. The van der Waals surface area contributed by atoms with Crippen molar-refractivity contribution >= 4 is 10.0 Å². The molecular formula is C10H25N3O2S. The lowest BCUT2D eigenvalue weighted by atomic mass is 10.4. The van der Waals surface area contributed by atoms with Gasteiger partial charge in [0.05, 0.1) is 5.75 Å². The Labute approximate surface area is 99.6 Å². The quantitative estimate of drug-likeness (QED) is 0.531. The van der Waals surface area contributed by atoms with E-state index in [-0.39, 0.29) is 5.75 Å². The third kappa shape index (κ3) is 10.4. The summed E-state index contributed by atoms with van der Waals surface area (Å²) < 4.78 is 25.6. The average molecular weight is 251 g/mol. The van der Waals surface area contributed by atoms with E-state index in [4.69, 9.17) is 0 Å². The summed E-state index contributed by atoms with van der Waals surface area (Å²) in [4.78, 5) is 1.95. The molecule has 0 aromatic heterocycles. The Morgan fingerprint density at radius 3 is 2.38 bits per heavy atom. The van der Waals surface area contributed by atoms with Crippen molar-refractivity contribution in [2.45, 2.75) is 19.8 Å². The highest BCUT2D eigenvalue weighted by Gasteiger charge is 2.08. The molecule has 0 rings (SSSR count). The summed E-state index contributed by atoms with van der Waals surface area (Å²) in [6.45, 7) is 5.02. The first-order valence-electron chi connectivity index (χ1n) is 5.80. The Hall–Kier alpha value is -0.170. The standard InChI is InChI=1S/C10H25N3O2S/c1-4-6-11-7-5-10-16(14,15)12-8-9-13(2)3/h11-12H,4-10H2,1-3H3. The van der Waals surface area contributed by atoms with E-state index in [0.717, 1.165) is 26.1 Å². The van der Waals surface area contributed by atoms with Crippen LogP contribution in [0.5, 0.6) is 0 Å². The van der Waals surface area contributed by atoms with Crippen LogP contribution in [-0.4, -0.2) is 59.3 Å². The molecule has 0 aliphatic rings. The molecular weight excluding hydrogens is 226 g/mol. The number of likely N-dealkylation sites (N-methyl/N-ethyl adjacent to an activating group) is 1. The van der Waals surface area contributed by atoms with Gasteiger partial charge in [0.25, 0.3) is 0 Å². The van der Waals surface area contributed by atoms with Crippen LogP contribution in [0.25, 0.3) is 0 Å². The molecule has 5 nitrogen and oxygen atoms in total. The fourth-order valence-corrected chi connectivity index (χ4v) is 2.26. The molecule has 0 saturated carbocycles. The molecule has 0 spiro atoms. The van der Waals surface area contributed by atoms with Crippen LogP contribution in [0.3, 0.4) is 0 Å². The SMILES string of the molecule is CCCNCCCS(=O)(=O)NCCN(C)C. The van der Waals surface area contributed by atoms with Crippen LogP contribution in [0.4, 0.5) is 0 Å². The number of nitrogens with one attached hydrogen (secondary N) is 2. The van der Waals surface area contributed by atoms with Crippen LogP contribution in [0.1, 0.15) is 19.8 Å². The molecule has 0 saturated heterocycles. The first kappa shape index (κ1) is 15.8. The van der Waals surface area contributed by atoms with Crippen molar-refractivity contribution in [1.29, 1.82) is 0 Å². The van der Waals surface area contributed by atoms with Gasteiger partial charge in [-0.1, -0.05) is 6.92 Å². The first-order valence-corrected chi connectivity index (χ1v) is 7.46. The van der Waals surface area contributed by atoms with Gasteiger partial charge in [0, 0.05) is 13.1 Å². The first-order chi connectivity index (χ1) is 7.48. The van der Waals surface area contributed by atoms with Crippen LogP contribution in [0, 0.1) is 0 Å². The number of nitrogens with zero attached hydrogens (tertiary/aromatic N) is 1. The molecule has 0 aromatic carbocycles. The Morgan fingerprint density at radius 2 is 1.81 bits per heavy atom. The smallest absolute Gasteiger partial charge is 0.211 e. The second-order valence-electron chi connectivity index (χ2n) is 4.12. The number of hydrogen-bond acceptors (Lipinski definition) is 4. The zero-order chi connectivity index (χ0) is 12.4. The highest BCUT2D eigenvalue weighted by Crippen LogP contribution is 1.88. The molecule has 0 aliphatic heterocycles. The number of rotatable bonds is 10. The third-order valence-corrected chi connectivity index (χ3v) is 3.54. The van der Waals surface area contributed by atoms with E-state index in [0.29, 0.717) is 13.0 Å². The van der Waals surface area contributed by atoms with Crippen LogP contribution >= 0.6 is 0 Å². The minimum absolute atomic E-state index is 0.205. The fraction of sp³-hybridized carbons (Fsp3) is 1.00. The summed E-state index contributed by atoms with van der Waals surface area (Å²) in [5.41, 5.74) is 0. The lowest BCUT2D eigenvalue weighted by molar-refractivity contribution is 0.412. The second kappa shape index (κ2) is 8.92. The average Bonchev–Trinajstić information content (AvgIpc) is 2.16. The molecule has 16 heavy (non-hydrogen) atoms. The molecule has 0 aliphatic carbocycles. The van der Waals surface area contributed by atoms with E-state index in [9.17, 15) is 8.42 Å². The minimum Gasteiger partial charge on any atom is -0.317 e. The lowest BCUT2D eigenvalue weighted by Crippen LogP contribution is -2.33. The van der Waals surface area contributed by atoms with Crippen molar-refractivity contribution in [3.63, 3.8) is 0 Å². The zero-order valence-corrected chi connectivity index (χ0v) is 11.4. The molecule has 0 aromatic rings. The van der Waals surface area contributed by atoms with Gasteiger partial charge in [0.2, 0.25) is 10.0 Å². The van der Waals surface area contributed by atoms with E-state index in [1.54, 1.807) is 0 Å². The van der Waals surface area contributed by atoms with Gasteiger partial charge >= 0.3 is 0 Å². The Bertz CT molecular complexity index is 253. The normalized spacial score (nSPS) is 12.2. The largest absolute Gasteiger partial charge is 0.317 e. The molecule has 0 atom stereocenters. The van der Waals surface area contributed by atoms with Crippen LogP contribution in [-0.2, 0) is 10.0 Å². The summed E-state index contributed by atoms with van der Waals surface area (Å²) >= 11 is 0. The van der Waals surface area contributed by atoms with Crippen molar-refractivity contribution in [2.24, 2.45) is 0 Å². The van der Waals surface area contributed by atoms with E-state index < -0.39 is 10.0 Å². The minimum atomic E-state index is -3.08. The topological polar surface area (TPSA) is 61.4 Å². The van der Waals surface area contributed by atoms with Crippen molar-refractivity contribution in [3.05, 3.63) is 0 Å². The van der Waals surface area contributed by atoms with Gasteiger partial charge in [0.1, 0.15) is 0 Å². The van der Waals surface area contributed by atoms with Gasteiger partial charge < -0.3 is 10.2 Å². The highest BCUT2D eigenvalue weighted by atomic mass is 32.2. The summed E-state index contributed by atoms with van der Waals surface area (Å²) in [6.07, 6.45) is 1.74. The molecule has 0 fully saturated rings. The Kier molecular flexibility index (Phi) is 8.83. The monoisotopic (exact) mass is 251 g/mol. The molecule has 0 unspecified atom stereocenters. The van der Waals surface area contributed by atoms with E-state index >= 15 is 0 Å². The van der Waals surface area contributed by atoms with Crippen molar-refractivity contribution in [1.82, 2.24) is 14.9 Å². The van der Waals surface area contributed by atoms with Crippen LogP contribution in [0.15, 0.2) is 0 Å². The van der Waals surface area contributed by atoms with Gasteiger partial charge in [-0.2, -0.15) is 0 Å². The van der Waals surface area contributed by atoms with E-state index in [1.165, 1.54) is 0 Å². The summed E-state index contributed by atoms with van der Waals surface area (Å²) in [5.74, 6) is 0.205. The predicted molar refractivity (Wildman–Crippen MR) is 68.1 cm³/mol. The van der Waals surface area contributed by atoms with Crippen molar-refractivity contribution in [3.8, 4) is 0 Å². The van der Waals surface area contributed by atoms with Gasteiger partial charge in [-0.05, 0) is 40.0 Å². The summed E-state index contributed by atoms with van der Waals surface area (Å²) in [7, 11) is 0.758. The predicted octanol–water partition coefficient (Wildman–Crippen LogP) is -0.143. The van der Waals surface area contributed by atoms with Crippen molar-refractivity contribution < 1.29 is 8.42 Å². The maximum Gasteiger partial charge on any atom is 0.211 e.